The molecule has 0 aliphatic heterocycles. The molecule has 0 saturated heterocycles. The molecule has 0 saturated carbocycles. The zero-order valence-electron chi connectivity index (χ0n) is 9.92. The molecule has 92 valence electrons. The van der Waals surface area contributed by atoms with Gasteiger partial charge in [0.05, 0.1) is 11.4 Å². The minimum absolute atomic E-state index is 0.100. The third-order valence-corrected chi connectivity index (χ3v) is 2.61. The number of aromatic nitrogens is 2. The highest BCUT2D eigenvalue weighted by Crippen LogP contribution is 2.16. The molecular formula is C13H13N3O2. The van der Waals surface area contributed by atoms with Crippen LogP contribution >= 0.6 is 0 Å². The van der Waals surface area contributed by atoms with Crippen molar-refractivity contribution in [3.8, 4) is 0 Å². The van der Waals surface area contributed by atoms with Crippen molar-refractivity contribution in [3.63, 3.8) is 0 Å². The summed E-state index contributed by atoms with van der Waals surface area (Å²) in [5, 5.41) is 9.19. The molecule has 18 heavy (non-hydrogen) atoms. The highest BCUT2D eigenvalue weighted by Gasteiger charge is 2.17. The van der Waals surface area contributed by atoms with Crippen LogP contribution in [0.25, 0.3) is 0 Å². The fourth-order valence-corrected chi connectivity index (χ4v) is 1.85. The van der Waals surface area contributed by atoms with Crippen molar-refractivity contribution in [2.45, 2.75) is 13.3 Å². The number of anilines is 1. The van der Waals surface area contributed by atoms with E-state index in [0.29, 0.717) is 17.8 Å². The summed E-state index contributed by atoms with van der Waals surface area (Å²) < 4.78 is 0. The molecule has 2 rings (SSSR count). The van der Waals surface area contributed by atoms with Gasteiger partial charge in [0.25, 0.3) is 0 Å². The lowest BCUT2D eigenvalue weighted by Gasteiger charge is -2.08. The number of aryl methyl sites for hydroxylation is 1. The van der Waals surface area contributed by atoms with Crippen LogP contribution in [0.2, 0.25) is 0 Å². The van der Waals surface area contributed by atoms with E-state index in [4.69, 9.17) is 5.73 Å². The van der Waals surface area contributed by atoms with E-state index in [1.807, 2.05) is 30.3 Å². The molecule has 0 atom stereocenters. The Kier molecular flexibility index (Phi) is 3.23. The quantitative estimate of drug-likeness (QED) is 0.855. The molecule has 0 bridgehead atoms. The van der Waals surface area contributed by atoms with Gasteiger partial charge in [0.1, 0.15) is 5.56 Å². The number of nitrogens with two attached hydrogens (primary N) is 1. The minimum atomic E-state index is -1.03. The van der Waals surface area contributed by atoms with Gasteiger partial charge in [0.15, 0.2) is 0 Å². The highest BCUT2D eigenvalue weighted by atomic mass is 16.4. The molecule has 0 aliphatic carbocycles. The van der Waals surface area contributed by atoms with Gasteiger partial charge < -0.3 is 10.8 Å². The third-order valence-electron chi connectivity index (χ3n) is 2.61. The minimum Gasteiger partial charge on any atom is -0.478 e. The van der Waals surface area contributed by atoms with Crippen LogP contribution in [0.3, 0.4) is 0 Å². The Hall–Kier alpha value is -2.43. The van der Waals surface area contributed by atoms with E-state index < -0.39 is 5.97 Å². The summed E-state index contributed by atoms with van der Waals surface area (Å²) >= 11 is 0. The maximum atomic E-state index is 11.2. The largest absolute Gasteiger partial charge is 0.478 e. The Balaban J connectivity index is 2.46. The van der Waals surface area contributed by atoms with Crippen molar-refractivity contribution in [2.75, 3.05) is 5.73 Å². The molecule has 0 fully saturated rings. The Bertz CT molecular complexity index is 582. The van der Waals surface area contributed by atoms with Crippen molar-refractivity contribution in [3.05, 3.63) is 52.8 Å². The van der Waals surface area contributed by atoms with Gasteiger partial charge >= 0.3 is 5.97 Å². The first-order chi connectivity index (χ1) is 8.58. The summed E-state index contributed by atoms with van der Waals surface area (Å²) in [6.45, 7) is 1.62. The van der Waals surface area contributed by atoms with Gasteiger partial charge in [-0.3, -0.25) is 0 Å². The number of rotatable bonds is 3. The van der Waals surface area contributed by atoms with Crippen LogP contribution < -0.4 is 5.73 Å². The van der Waals surface area contributed by atoms with E-state index in [2.05, 4.69) is 9.97 Å². The lowest BCUT2D eigenvalue weighted by atomic mass is 10.0. The molecule has 0 unspecified atom stereocenters. The Morgan fingerprint density at radius 1 is 1.28 bits per heavy atom. The number of carboxylic acids is 1. The van der Waals surface area contributed by atoms with Crippen molar-refractivity contribution in [1.29, 1.82) is 0 Å². The number of carbonyl (C=O) groups is 1. The normalized spacial score (nSPS) is 10.3. The number of hydrogen-bond donors (Lipinski definition) is 2. The van der Waals surface area contributed by atoms with Gasteiger partial charge in [-0.15, -0.1) is 0 Å². The molecule has 1 heterocycles. The summed E-state index contributed by atoms with van der Waals surface area (Å²) in [5.41, 5.74) is 7.52. The van der Waals surface area contributed by atoms with Crippen molar-refractivity contribution in [1.82, 2.24) is 9.97 Å². The lowest BCUT2D eigenvalue weighted by Crippen LogP contribution is -2.12. The lowest BCUT2D eigenvalue weighted by molar-refractivity contribution is 0.0694. The van der Waals surface area contributed by atoms with Crippen LogP contribution in [0.5, 0.6) is 0 Å². The fourth-order valence-electron chi connectivity index (χ4n) is 1.85. The number of hydrogen-bond acceptors (Lipinski definition) is 4. The average Bonchev–Trinajstić information content (AvgIpc) is 2.28. The van der Waals surface area contributed by atoms with E-state index in [0.717, 1.165) is 5.56 Å². The standard InChI is InChI=1S/C13H13N3O2/c1-8-11(12(17)18)10(16-13(14)15-8)7-9-5-3-2-4-6-9/h2-6H,7H2,1H3,(H,17,18)(H2,14,15,16). The summed E-state index contributed by atoms with van der Waals surface area (Å²) in [6.07, 6.45) is 0.427. The Morgan fingerprint density at radius 2 is 1.94 bits per heavy atom. The molecule has 5 heteroatoms. The maximum Gasteiger partial charge on any atom is 0.339 e. The number of nitrogen functional groups attached to an aromatic ring is 1. The average molecular weight is 243 g/mol. The van der Waals surface area contributed by atoms with Gasteiger partial charge in [-0.05, 0) is 12.5 Å². The Morgan fingerprint density at radius 3 is 2.56 bits per heavy atom. The molecule has 0 amide bonds. The molecule has 2 aromatic rings. The summed E-state index contributed by atoms with van der Waals surface area (Å²) in [7, 11) is 0. The van der Waals surface area contributed by atoms with Crippen LogP contribution in [-0.4, -0.2) is 21.0 Å². The molecule has 0 aliphatic rings. The Labute approximate surface area is 104 Å². The first-order valence-corrected chi connectivity index (χ1v) is 5.48. The zero-order valence-corrected chi connectivity index (χ0v) is 9.92. The van der Waals surface area contributed by atoms with Crippen molar-refractivity contribution < 1.29 is 9.90 Å². The SMILES string of the molecule is Cc1nc(N)nc(Cc2ccccc2)c1C(=O)O. The van der Waals surface area contributed by atoms with Crippen LogP contribution in [-0.2, 0) is 6.42 Å². The second kappa shape index (κ2) is 4.83. The zero-order chi connectivity index (χ0) is 13.1. The molecule has 1 aromatic carbocycles. The number of carboxylic acid groups (broad SMARTS) is 1. The van der Waals surface area contributed by atoms with Crippen LogP contribution in [0.4, 0.5) is 5.95 Å². The van der Waals surface area contributed by atoms with E-state index in [1.165, 1.54) is 0 Å². The van der Waals surface area contributed by atoms with Crippen LogP contribution in [0.15, 0.2) is 30.3 Å². The second-order valence-corrected chi connectivity index (χ2v) is 3.96. The number of benzene rings is 1. The van der Waals surface area contributed by atoms with Crippen LogP contribution in [0.1, 0.15) is 27.3 Å². The summed E-state index contributed by atoms with van der Waals surface area (Å²) in [5.74, 6) is -0.929. The second-order valence-electron chi connectivity index (χ2n) is 3.96. The van der Waals surface area contributed by atoms with E-state index in [1.54, 1.807) is 6.92 Å². The van der Waals surface area contributed by atoms with Crippen LogP contribution in [0, 0.1) is 6.92 Å². The smallest absolute Gasteiger partial charge is 0.339 e. The predicted octanol–water partition coefficient (Wildman–Crippen LogP) is 1.66. The number of aromatic carboxylic acids is 1. The van der Waals surface area contributed by atoms with Gasteiger partial charge in [0.2, 0.25) is 5.95 Å². The fraction of sp³-hybridized carbons (Fsp3) is 0.154. The van der Waals surface area contributed by atoms with Crippen molar-refractivity contribution in [2.24, 2.45) is 0 Å². The molecule has 5 nitrogen and oxygen atoms in total. The first-order valence-electron chi connectivity index (χ1n) is 5.48. The summed E-state index contributed by atoms with van der Waals surface area (Å²) in [6, 6.07) is 9.53. The van der Waals surface area contributed by atoms with E-state index >= 15 is 0 Å². The third kappa shape index (κ3) is 2.45. The number of nitrogens with zero attached hydrogens (tertiary/aromatic N) is 2. The predicted molar refractivity (Wildman–Crippen MR) is 67.4 cm³/mol. The highest BCUT2D eigenvalue weighted by molar-refractivity contribution is 5.90. The van der Waals surface area contributed by atoms with Gasteiger partial charge in [0, 0.05) is 6.42 Å². The molecule has 0 radical (unpaired) electrons. The molecule has 1 aromatic heterocycles. The van der Waals surface area contributed by atoms with Crippen molar-refractivity contribution >= 4 is 11.9 Å². The first kappa shape index (κ1) is 12.0. The van der Waals surface area contributed by atoms with E-state index in [-0.39, 0.29) is 11.5 Å². The topological polar surface area (TPSA) is 89.1 Å². The van der Waals surface area contributed by atoms with Gasteiger partial charge in [-0.25, -0.2) is 14.8 Å². The summed E-state index contributed by atoms with van der Waals surface area (Å²) in [4.78, 5) is 19.1. The maximum absolute atomic E-state index is 11.2. The molecule has 0 spiro atoms. The molecular weight excluding hydrogens is 230 g/mol. The molecule has 3 N–H and O–H groups in total. The van der Waals surface area contributed by atoms with E-state index in [9.17, 15) is 9.90 Å². The van der Waals surface area contributed by atoms with Gasteiger partial charge in [-0.2, -0.15) is 0 Å². The van der Waals surface area contributed by atoms with Gasteiger partial charge in [-0.1, -0.05) is 30.3 Å². The monoisotopic (exact) mass is 243 g/mol.